The Labute approximate surface area is 228 Å². The van der Waals surface area contributed by atoms with Crippen LogP contribution in [-0.4, -0.2) is 47.4 Å². The molecule has 0 atom stereocenters. The van der Waals surface area contributed by atoms with Crippen LogP contribution in [0.1, 0.15) is 71.2 Å². The zero-order chi connectivity index (χ0) is 27.5. The van der Waals surface area contributed by atoms with Gasteiger partial charge in [-0.15, -0.1) is 11.3 Å². The summed E-state index contributed by atoms with van der Waals surface area (Å²) in [7, 11) is -3.83. The number of H-pyrrole nitrogens is 1. The van der Waals surface area contributed by atoms with Crippen LogP contribution in [0.3, 0.4) is 0 Å². The Morgan fingerprint density at radius 1 is 1.16 bits per heavy atom. The van der Waals surface area contributed by atoms with E-state index in [0.29, 0.717) is 17.1 Å². The Balaban J connectivity index is 1.54. The molecule has 0 unspecified atom stereocenters. The van der Waals surface area contributed by atoms with E-state index in [1.807, 2.05) is 46.8 Å². The monoisotopic (exact) mass is 560 g/mol. The second kappa shape index (κ2) is 11.4. The van der Waals surface area contributed by atoms with Crippen LogP contribution in [0.15, 0.2) is 41.6 Å². The summed E-state index contributed by atoms with van der Waals surface area (Å²) in [4.78, 5) is 17.6. The molecule has 1 saturated carbocycles. The highest BCUT2D eigenvalue weighted by Crippen LogP contribution is 2.40. The summed E-state index contributed by atoms with van der Waals surface area (Å²) in [6.07, 6.45) is 6.40. The number of alkyl carbamates (subject to hydrolysis) is 1. The highest BCUT2D eigenvalue weighted by atomic mass is 32.2. The first-order chi connectivity index (χ1) is 17.9. The van der Waals surface area contributed by atoms with Crippen LogP contribution in [0, 0.1) is 0 Å². The molecular weight excluding hydrogens is 524 g/mol. The molecule has 1 aliphatic rings. The van der Waals surface area contributed by atoms with E-state index in [0.717, 1.165) is 35.6 Å². The predicted molar refractivity (Wildman–Crippen MR) is 149 cm³/mol. The average molecular weight is 561 g/mol. The van der Waals surface area contributed by atoms with Crippen LogP contribution in [0.25, 0.3) is 10.4 Å². The van der Waals surface area contributed by atoms with E-state index in [1.54, 1.807) is 24.5 Å². The number of nitrogens with one attached hydrogen (secondary N) is 4. The third-order valence-corrected chi connectivity index (χ3v) is 9.01. The lowest BCUT2D eigenvalue weighted by Gasteiger charge is -2.28. The zero-order valence-electron chi connectivity index (χ0n) is 22.4. The minimum Gasteiger partial charge on any atom is -0.447 e. The van der Waals surface area contributed by atoms with Crippen molar-refractivity contribution in [2.75, 3.05) is 5.32 Å². The number of benzene rings is 1. The third kappa shape index (κ3) is 7.33. The number of aromatic nitrogens is 3. The molecule has 1 aromatic carbocycles. The molecule has 2 aromatic heterocycles. The van der Waals surface area contributed by atoms with Gasteiger partial charge in [0.1, 0.15) is 0 Å². The van der Waals surface area contributed by atoms with Gasteiger partial charge in [0.15, 0.2) is 5.82 Å². The average Bonchev–Trinajstić information content (AvgIpc) is 3.50. The van der Waals surface area contributed by atoms with Gasteiger partial charge in [0.25, 0.3) is 0 Å². The molecule has 10 nitrogen and oxygen atoms in total. The van der Waals surface area contributed by atoms with Gasteiger partial charge in [0.2, 0.25) is 10.0 Å². The van der Waals surface area contributed by atoms with E-state index in [4.69, 9.17) is 4.74 Å². The fraction of sp³-hybridized carbons (Fsp3) is 0.500. The maximum absolute atomic E-state index is 13.5. The number of hydrogen-bond donors (Lipinski definition) is 4. The van der Waals surface area contributed by atoms with Crippen LogP contribution in [0.2, 0.25) is 0 Å². The summed E-state index contributed by atoms with van der Waals surface area (Å²) in [5.74, 6) is 0.855. The lowest BCUT2D eigenvalue weighted by Crippen LogP contribution is -2.40. The lowest BCUT2D eigenvalue weighted by atomic mass is 9.86. The predicted octanol–water partition coefficient (Wildman–Crippen LogP) is 5.51. The van der Waals surface area contributed by atoms with Gasteiger partial charge in [-0.2, -0.15) is 5.10 Å². The molecule has 4 rings (SSSR count). The summed E-state index contributed by atoms with van der Waals surface area (Å²) in [6.45, 7) is 9.10. The molecule has 4 N–H and O–H groups in total. The van der Waals surface area contributed by atoms with Crippen molar-refractivity contribution in [2.45, 2.75) is 88.8 Å². The van der Waals surface area contributed by atoms with Crippen molar-refractivity contribution in [1.29, 1.82) is 0 Å². The molecule has 38 heavy (non-hydrogen) atoms. The fourth-order valence-corrected chi connectivity index (χ4v) is 7.32. The van der Waals surface area contributed by atoms with Crippen LogP contribution in [0.4, 0.5) is 16.3 Å². The molecule has 0 bridgehead atoms. The fourth-order valence-electron chi connectivity index (χ4n) is 4.46. The van der Waals surface area contributed by atoms with Crippen LogP contribution < -0.4 is 15.4 Å². The smallest absolute Gasteiger partial charge is 0.407 e. The van der Waals surface area contributed by atoms with Gasteiger partial charge in [-0.3, -0.25) is 5.10 Å². The van der Waals surface area contributed by atoms with Crippen LogP contribution in [-0.2, 0) is 14.8 Å². The van der Waals surface area contributed by atoms with Crippen molar-refractivity contribution in [1.82, 2.24) is 25.2 Å². The second-order valence-corrected chi connectivity index (χ2v) is 13.6. The quantitative estimate of drug-likeness (QED) is 0.285. The highest BCUT2D eigenvalue weighted by Gasteiger charge is 2.29. The van der Waals surface area contributed by atoms with Gasteiger partial charge in [-0.05, 0) is 72.4 Å². The van der Waals surface area contributed by atoms with Gasteiger partial charge < -0.3 is 15.4 Å². The normalized spacial score (nSPS) is 18.4. The van der Waals surface area contributed by atoms with E-state index in [2.05, 4.69) is 30.5 Å². The molecule has 1 fully saturated rings. The number of anilines is 2. The summed E-state index contributed by atoms with van der Waals surface area (Å²) in [6, 6.07) is 7.14. The molecule has 3 aromatic rings. The number of hydrogen-bond acceptors (Lipinski definition) is 8. The zero-order valence-corrected chi connectivity index (χ0v) is 24.0. The Bertz CT molecular complexity index is 1340. The standard InChI is InChI=1S/C26H36N6O4S2/c1-16(2)36-25(33)30-18-8-6-17(7-9-18)24-27-15-21(37-24)20-11-10-19(29-23-12-13-28-31-23)14-22(20)38(34,35)32-26(3,4)5/h10-18,32H,6-9H2,1-5H3,(H,30,33)(H2,28,29,31). The second-order valence-electron chi connectivity index (χ2n) is 10.9. The molecule has 206 valence electrons. The molecule has 1 amide bonds. The summed E-state index contributed by atoms with van der Waals surface area (Å²) in [5.41, 5.74) is 0.570. The molecular formula is C26H36N6O4S2. The van der Waals surface area contributed by atoms with Crippen molar-refractivity contribution >= 4 is 39.0 Å². The first kappa shape index (κ1) is 28.1. The van der Waals surface area contributed by atoms with Crippen LogP contribution >= 0.6 is 11.3 Å². The topological polar surface area (TPSA) is 138 Å². The highest BCUT2D eigenvalue weighted by molar-refractivity contribution is 7.89. The SMILES string of the molecule is CC(C)OC(=O)NC1CCC(c2ncc(-c3ccc(Nc4cc[nH]n4)cc3S(=O)(=O)NC(C)(C)C)s2)CC1. The number of nitrogens with zero attached hydrogens (tertiary/aromatic N) is 2. The number of amides is 1. The number of sulfonamides is 1. The van der Waals surface area contributed by atoms with Crippen LogP contribution in [0.5, 0.6) is 0 Å². The largest absolute Gasteiger partial charge is 0.447 e. The molecule has 12 heteroatoms. The number of aromatic amines is 1. The number of rotatable bonds is 8. The molecule has 2 heterocycles. The first-order valence-corrected chi connectivity index (χ1v) is 15.1. The van der Waals surface area contributed by atoms with E-state index < -0.39 is 15.6 Å². The number of carbonyl (C=O) groups is 1. The summed E-state index contributed by atoms with van der Waals surface area (Å²) >= 11 is 1.52. The van der Waals surface area contributed by atoms with E-state index in [1.165, 1.54) is 11.3 Å². The van der Waals surface area contributed by atoms with Crippen molar-refractivity contribution in [3.05, 3.63) is 41.7 Å². The third-order valence-electron chi connectivity index (χ3n) is 6.01. The Hall–Kier alpha value is -2.96. The Kier molecular flexibility index (Phi) is 8.43. The number of carbonyl (C=O) groups excluding carboxylic acids is 1. The molecule has 0 radical (unpaired) electrons. The van der Waals surface area contributed by atoms with Gasteiger partial charge in [-0.1, -0.05) is 6.07 Å². The van der Waals surface area contributed by atoms with Crippen molar-refractivity contribution in [3.8, 4) is 10.4 Å². The van der Waals surface area contributed by atoms with Gasteiger partial charge in [0, 0.05) is 47.2 Å². The number of ether oxygens (including phenoxy) is 1. The maximum Gasteiger partial charge on any atom is 0.407 e. The molecule has 1 aliphatic carbocycles. The Morgan fingerprint density at radius 3 is 2.53 bits per heavy atom. The lowest BCUT2D eigenvalue weighted by molar-refractivity contribution is 0.109. The van der Waals surface area contributed by atoms with E-state index in [9.17, 15) is 13.2 Å². The minimum absolute atomic E-state index is 0.0895. The maximum atomic E-state index is 13.5. The van der Waals surface area contributed by atoms with Gasteiger partial charge in [0.05, 0.1) is 20.9 Å². The Morgan fingerprint density at radius 2 is 1.89 bits per heavy atom. The van der Waals surface area contributed by atoms with E-state index in [-0.39, 0.29) is 29.1 Å². The number of thiazole rings is 1. The van der Waals surface area contributed by atoms with Gasteiger partial charge >= 0.3 is 6.09 Å². The first-order valence-electron chi connectivity index (χ1n) is 12.8. The van der Waals surface area contributed by atoms with Crippen molar-refractivity contribution in [3.63, 3.8) is 0 Å². The molecule has 0 spiro atoms. The summed E-state index contributed by atoms with van der Waals surface area (Å²) < 4.78 is 34.9. The summed E-state index contributed by atoms with van der Waals surface area (Å²) in [5, 5.41) is 13.9. The van der Waals surface area contributed by atoms with E-state index >= 15 is 0 Å². The molecule has 0 aliphatic heterocycles. The minimum atomic E-state index is -3.83. The van der Waals surface area contributed by atoms with Crippen molar-refractivity contribution in [2.24, 2.45) is 0 Å². The van der Waals surface area contributed by atoms with Crippen molar-refractivity contribution < 1.29 is 17.9 Å². The molecule has 0 saturated heterocycles. The van der Waals surface area contributed by atoms with Gasteiger partial charge in [-0.25, -0.2) is 22.9 Å².